The number of fused-ring (bicyclic) bond motifs is 1. The lowest BCUT2D eigenvalue weighted by Crippen LogP contribution is -2.13. The molecule has 0 saturated heterocycles. The van der Waals surface area contributed by atoms with Gasteiger partial charge >= 0.3 is 0 Å². The van der Waals surface area contributed by atoms with Gasteiger partial charge in [-0.25, -0.2) is 13.4 Å². The number of aromatic nitrogens is 5. The molecule has 4 aromatic rings. The fourth-order valence-corrected chi connectivity index (χ4v) is 4.40. The standard InChI is InChI=1S/C17H17N7O3S2/c1-9-4-5-12-11(7-19-22-12)15(9)21-16(25)13-8-18-17(28-13)20-14-6-10(2)24(23-14)29(3,26)27/h4-8H,1-3H3,(H,19,22)(H,21,25)(H,18,20,23). The number of aryl methyl sites for hydroxylation is 2. The summed E-state index contributed by atoms with van der Waals surface area (Å²) in [5.41, 5.74) is 2.89. The number of nitrogens with one attached hydrogen (secondary N) is 3. The van der Waals surface area contributed by atoms with Gasteiger partial charge in [0.25, 0.3) is 15.9 Å². The molecule has 1 amide bonds. The highest BCUT2D eigenvalue weighted by molar-refractivity contribution is 7.89. The van der Waals surface area contributed by atoms with Crippen LogP contribution in [0.15, 0.2) is 30.6 Å². The predicted molar refractivity (Wildman–Crippen MR) is 111 cm³/mol. The van der Waals surface area contributed by atoms with Gasteiger partial charge in [0.1, 0.15) is 4.88 Å². The van der Waals surface area contributed by atoms with Gasteiger partial charge in [0.15, 0.2) is 10.9 Å². The Morgan fingerprint density at radius 2 is 2.03 bits per heavy atom. The molecule has 0 aliphatic rings. The van der Waals surface area contributed by atoms with E-state index in [1.807, 2.05) is 19.1 Å². The third-order valence-electron chi connectivity index (χ3n) is 4.20. The van der Waals surface area contributed by atoms with Crippen LogP contribution in [-0.4, -0.2) is 44.9 Å². The number of hydrogen-bond donors (Lipinski definition) is 3. The van der Waals surface area contributed by atoms with Crippen LogP contribution in [0.5, 0.6) is 0 Å². The quantitative estimate of drug-likeness (QED) is 0.442. The fourth-order valence-electron chi connectivity index (χ4n) is 2.87. The molecule has 3 heterocycles. The summed E-state index contributed by atoms with van der Waals surface area (Å²) < 4.78 is 24.3. The highest BCUT2D eigenvalue weighted by atomic mass is 32.2. The smallest absolute Gasteiger partial charge is 0.267 e. The number of anilines is 3. The van der Waals surface area contributed by atoms with Crippen LogP contribution in [0.4, 0.5) is 16.6 Å². The van der Waals surface area contributed by atoms with Gasteiger partial charge in [-0.05, 0) is 25.5 Å². The summed E-state index contributed by atoms with van der Waals surface area (Å²) in [6, 6.07) is 5.39. The summed E-state index contributed by atoms with van der Waals surface area (Å²) in [7, 11) is -3.49. The lowest BCUT2D eigenvalue weighted by Gasteiger charge is -2.08. The number of hydrogen-bond acceptors (Lipinski definition) is 8. The number of thiazole rings is 1. The topological polar surface area (TPSA) is 135 Å². The molecular formula is C17H17N7O3S2. The normalized spacial score (nSPS) is 11.7. The number of nitrogens with zero attached hydrogens (tertiary/aromatic N) is 4. The number of carbonyl (C=O) groups excluding carboxylic acids is 1. The number of carbonyl (C=O) groups is 1. The maximum Gasteiger partial charge on any atom is 0.267 e. The third kappa shape index (κ3) is 3.71. The summed E-state index contributed by atoms with van der Waals surface area (Å²) in [5, 5.41) is 18.0. The van der Waals surface area contributed by atoms with Gasteiger partial charge in [0.2, 0.25) is 0 Å². The van der Waals surface area contributed by atoms with Crippen molar-refractivity contribution >= 4 is 54.8 Å². The second-order valence-corrected chi connectivity index (χ2v) is 9.32. The van der Waals surface area contributed by atoms with Gasteiger partial charge in [0.05, 0.1) is 35.5 Å². The van der Waals surface area contributed by atoms with Crippen LogP contribution < -0.4 is 10.6 Å². The number of H-pyrrole nitrogens is 1. The second kappa shape index (κ2) is 6.97. The van der Waals surface area contributed by atoms with Crippen molar-refractivity contribution in [2.75, 3.05) is 16.9 Å². The Morgan fingerprint density at radius 3 is 2.76 bits per heavy atom. The van der Waals surface area contributed by atoms with Gasteiger partial charge in [-0.1, -0.05) is 17.4 Å². The van der Waals surface area contributed by atoms with Crippen LogP contribution in [0, 0.1) is 13.8 Å². The zero-order chi connectivity index (χ0) is 20.8. The van der Waals surface area contributed by atoms with Crippen LogP contribution in [-0.2, 0) is 10.0 Å². The summed E-state index contributed by atoms with van der Waals surface area (Å²) in [6.45, 7) is 3.54. The number of benzene rings is 1. The molecule has 0 atom stereocenters. The minimum Gasteiger partial charge on any atom is -0.320 e. The molecule has 0 saturated carbocycles. The molecule has 10 nitrogen and oxygen atoms in total. The first-order valence-corrected chi connectivity index (χ1v) is 11.1. The molecule has 3 aromatic heterocycles. The van der Waals surface area contributed by atoms with E-state index in [-0.39, 0.29) is 5.91 Å². The summed E-state index contributed by atoms with van der Waals surface area (Å²) >= 11 is 1.13. The molecule has 0 bridgehead atoms. The van der Waals surface area contributed by atoms with Gasteiger partial charge < -0.3 is 10.6 Å². The Labute approximate surface area is 170 Å². The first-order chi connectivity index (χ1) is 13.7. The number of aromatic amines is 1. The maximum absolute atomic E-state index is 12.7. The van der Waals surface area contributed by atoms with Crippen molar-refractivity contribution in [2.45, 2.75) is 13.8 Å². The first-order valence-electron chi connectivity index (χ1n) is 8.46. The van der Waals surface area contributed by atoms with Crippen LogP contribution >= 0.6 is 11.3 Å². The van der Waals surface area contributed by atoms with Crippen LogP contribution in [0.2, 0.25) is 0 Å². The van der Waals surface area contributed by atoms with Crippen molar-refractivity contribution in [1.82, 2.24) is 24.4 Å². The summed E-state index contributed by atoms with van der Waals surface area (Å²) in [5.74, 6) is 0.0263. The van der Waals surface area contributed by atoms with Gasteiger partial charge in [-0.2, -0.15) is 9.19 Å². The largest absolute Gasteiger partial charge is 0.320 e. The first kappa shape index (κ1) is 19.1. The van der Waals surface area contributed by atoms with Crippen LogP contribution in [0.3, 0.4) is 0 Å². The van der Waals surface area contributed by atoms with E-state index in [0.29, 0.717) is 27.2 Å². The minimum atomic E-state index is -3.49. The van der Waals surface area contributed by atoms with Crippen molar-refractivity contribution in [3.05, 3.63) is 46.7 Å². The van der Waals surface area contributed by atoms with E-state index < -0.39 is 10.0 Å². The van der Waals surface area contributed by atoms with Crippen molar-refractivity contribution in [3.8, 4) is 0 Å². The van der Waals surface area contributed by atoms with E-state index in [1.165, 1.54) is 6.20 Å². The zero-order valence-electron chi connectivity index (χ0n) is 15.7. The predicted octanol–water partition coefficient (Wildman–Crippen LogP) is 2.64. The Balaban J connectivity index is 1.54. The lowest BCUT2D eigenvalue weighted by atomic mass is 10.1. The maximum atomic E-state index is 12.7. The molecule has 3 N–H and O–H groups in total. The Kier molecular flexibility index (Phi) is 4.59. The summed E-state index contributed by atoms with van der Waals surface area (Å²) in [4.78, 5) is 17.3. The van der Waals surface area contributed by atoms with E-state index in [4.69, 9.17) is 0 Å². The van der Waals surface area contributed by atoms with Gasteiger partial charge in [0, 0.05) is 11.5 Å². The molecule has 0 spiro atoms. The highest BCUT2D eigenvalue weighted by Crippen LogP contribution is 2.28. The fraction of sp³-hybridized carbons (Fsp3) is 0.176. The molecule has 0 radical (unpaired) electrons. The van der Waals surface area contributed by atoms with Gasteiger partial charge in [-0.15, -0.1) is 5.10 Å². The minimum absolute atomic E-state index is 0.301. The molecule has 0 aliphatic carbocycles. The molecule has 0 fully saturated rings. The van der Waals surface area contributed by atoms with E-state index in [1.54, 1.807) is 19.2 Å². The highest BCUT2D eigenvalue weighted by Gasteiger charge is 2.17. The molecule has 12 heteroatoms. The average molecular weight is 432 g/mol. The van der Waals surface area contributed by atoms with E-state index >= 15 is 0 Å². The van der Waals surface area contributed by atoms with Crippen LogP contribution in [0.1, 0.15) is 20.9 Å². The molecule has 0 unspecified atom stereocenters. The lowest BCUT2D eigenvalue weighted by molar-refractivity contribution is 0.103. The summed E-state index contributed by atoms with van der Waals surface area (Å²) in [6.07, 6.45) is 4.19. The van der Waals surface area contributed by atoms with E-state index in [0.717, 1.165) is 38.1 Å². The SMILES string of the molecule is Cc1ccc2[nH]ncc2c1NC(=O)c1cnc(Nc2cc(C)n(S(C)(=O)=O)n2)s1. The number of rotatable bonds is 5. The average Bonchev–Trinajstić information content (AvgIpc) is 3.36. The number of amides is 1. The third-order valence-corrected chi connectivity index (χ3v) is 6.10. The monoisotopic (exact) mass is 431 g/mol. The van der Waals surface area contributed by atoms with Crippen molar-refractivity contribution < 1.29 is 13.2 Å². The molecule has 29 heavy (non-hydrogen) atoms. The van der Waals surface area contributed by atoms with Crippen molar-refractivity contribution in [2.24, 2.45) is 0 Å². The van der Waals surface area contributed by atoms with E-state index in [9.17, 15) is 13.2 Å². The Morgan fingerprint density at radius 1 is 1.24 bits per heavy atom. The van der Waals surface area contributed by atoms with Crippen molar-refractivity contribution in [3.63, 3.8) is 0 Å². The Bertz CT molecular complexity index is 1330. The Hall–Kier alpha value is -3.25. The zero-order valence-corrected chi connectivity index (χ0v) is 17.3. The molecular weight excluding hydrogens is 414 g/mol. The molecule has 4 rings (SSSR count). The molecule has 150 valence electrons. The molecule has 1 aromatic carbocycles. The molecule has 0 aliphatic heterocycles. The van der Waals surface area contributed by atoms with Crippen molar-refractivity contribution in [1.29, 1.82) is 0 Å². The second-order valence-electron chi connectivity index (χ2n) is 6.47. The van der Waals surface area contributed by atoms with E-state index in [2.05, 4.69) is 30.9 Å². The van der Waals surface area contributed by atoms with Gasteiger partial charge in [-0.3, -0.25) is 9.89 Å². The van der Waals surface area contributed by atoms with Crippen LogP contribution in [0.25, 0.3) is 10.9 Å².